The van der Waals surface area contributed by atoms with Crippen molar-refractivity contribution in [2.24, 2.45) is 7.05 Å². The molecule has 1 aromatic heterocycles. The number of urea groups is 1. The highest BCUT2D eigenvalue weighted by atomic mass is 35.5. The van der Waals surface area contributed by atoms with E-state index in [-0.39, 0.29) is 12.1 Å². The Balaban J connectivity index is 2.46. The Morgan fingerprint density at radius 1 is 1.63 bits per heavy atom. The molecule has 0 aromatic carbocycles. The van der Waals surface area contributed by atoms with Crippen LogP contribution in [0.15, 0.2) is 12.3 Å². The van der Waals surface area contributed by atoms with E-state index in [1.807, 2.05) is 30.8 Å². The van der Waals surface area contributed by atoms with Gasteiger partial charge in [-0.05, 0) is 31.4 Å². The first kappa shape index (κ1) is 16.2. The molecule has 6 heteroatoms. The molecule has 4 nitrogen and oxygen atoms in total. The Kier molecular flexibility index (Phi) is 6.58. The molecule has 1 atom stereocenters. The van der Waals surface area contributed by atoms with Crippen LogP contribution in [0.1, 0.15) is 19.0 Å². The molecule has 1 heterocycles. The minimum absolute atomic E-state index is 0.0501. The number of rotatable bonds is 6. The molecule has 0 spiro atoms. The topological polar surface area (TPSA) is 37.3 Å². The monoisotopic (exact) mass is 303 g/mol. The summed E-state index contributed by atoms with van der Waals surface area (Å²) in [4.78, 5) is 13.7. The van der Waals surface area contributed by atoms with Gasteiger partial charge in [0.2, 0.25) is 0 Å². The molecule has 1 rings (SSSR count). The zero-order valence-corrected chi connectivity index (χ0v) is 13.5. The summed E-state index contributed by atoms with van der Waals surface area (Å²) in [5.41, 5.74) is 1.01. The maximum atomic E-state index is 12.0. The Labute approximate surface area is 124 Å². The second kappa shape index (κ2) is 7.70. The Bertz CT molecular complexity index is 422. The van der Waals surface area contributed by atoms with Gasteiger partial charge in [0.25, 0.3) is 0 Å². The molecule has 0 fully saturated rings. The Morgan fingerprint density at radius 3 is 2.84 bits per heavy atom. The number of amides is 2. The predicted molar refractivity (Wildman–Crippen MR) is 82.9 cm³/mol. The fourth-order valence-electron chi connectivity index (χ4n) is 1.73. The van der Waals surface area contributed by atoms with E-state index in [1.54, 1.807) is 23.7 Å². The van der Waals surface area contributed by atoms with Crippen molar-refractivity contribution in [2.75, 3.05) is 19.1 Å². The smallest absolute Gasteiger partial charge is 0.317 e. The van der Waals surface area contributed by atoms with Crippen LogP contribution in [-0.4, -0.2) is 40.6 Å². The number of hydrogen-bond acceptors (Lipinski definition) is 2. The van der Waals surface area contributed by atoms with Gasteiger partial charge in [-0.25, -0.2) is 4.79 Å². The Hall–Kier alpha value is -0.810. The van der Waals surface area contributed by atoms with E-state index in [4.69, 9.17) is 11.6 Å². The van der Waals surface area contributed by atoms with E-state index in [0.717, 1.165) is 17.9 Å². The van der Waals surface area contributed by atoms with Crippen molar-refractivity contribution in [1.82, 2.24) is 14.8 Å². The van der Waals surface area contributed by atoms with Crippen LogP contribution in [0, 0.1) is 0 Å². The number of hydrogen-bond donors (Lipinski definition) is 1. The average molecular weight is 304 g/mol. The van der Waals surface area contributed by atoms with E-state index in [2.05, 4.69) is 11.6 Å². The number of nitrogens with one attached hydrogen (secondary N) is 1. The number of thioether (sulfide) groups is 1. The third-order valence-electron chi connectivity index (χ3n) is 2.95. The second-order valence-corrected chi connectivity index (χ2v) is 6.17. The molecule has 2 amide bonds. The van der Waals surface area contributed by atoms with E-state index < -0.39 is 0 Å². The zero-order chi connectivity index (χ0) is 14.4. The first-order valence-electron chi connectivity index (χ1n) is 6.25. The first-order chi connectivity index (χ1) is 8.93. The fourth-order valence-corrected chi connectivity index (χ4v) is 2.59. The molecule has 0 bridgehead atoms. The highest BCUT2D eigenvalue weighted by molar-refractivity contribution is 7.98. The maximum absolute atomic E-state index is 12.0. The van der Waals surface area contributed by atoms with Crippen LogP contribution in [0.4, 0.5) is 4.79 Å². The molecule has 1 aromatic rings. The summed E-state index contributed by atoms with van der Waals surface area (Å²) >= 11 is 7.72. The van der Waals surface area contributed by atoms with E-state index >= 15 is 0 Å². The first-order valence-corrected chi connectivity index (χ1v) is 8.02. The Morgan fingerprint density at radius 2 is 2.32 bits per heavy atom. The molecule has 0 radical (unpaired) electrons. The molecule has 0 aliphatic heterocycles. The SMILES string of the molecule is CSCC[C@@H](C)NC(=O)N(C)Cc1cc(Cl)cn1C. The molecule has 19 heavy (non-hydrogen) atoms. The summed E-state index contributed by atoms with van der Waals surface area (Å²) in [5.74, 6) is 1.05. The molecular formula is C13H22ClN3OS. The van der Waals surface area contributed by atoms with Gasteiger partial charge in [0.05, 0.1) is 11.6 Å². The number of halogens is 1. The van der Waals surface area contributed by atoms with Gasteiger partial charge in [0.15, 0.2) is 0 Å². The summed E-state index contributed by atoms with van der Waals surface area (Å²) in [6, 6.07) is 2.02. The van der Waals surface area contributed by atoms with Crippen molar-refractivity contribution in [3.05, 3.63) is 23.0 Å². The van der Waals surface area contributed by atoms with Crippen LogP contribution < -0.4 is 5.32 Å². The van der Waals surface area contributed by atoms with Crippen LogP contribution in [0.5, 0.6) is 0 Å². The largest absolute Gasteiger partial charge is 0.351 e. The van der Waals surface area contributed by atoms with Gasteiger partial charge in [0.1, 0.15) is 0 Å². The minimum Gasteiger partial charge on any atom is -0.351 e. The van der Waals surface area contributed by atoms with Crippen LogP contribution >= 0.6 is 23.4 Å². The average Bonchev–Trinajstić information content (AvgIpc) is 2.65. The maximum Gasteiger partial charge on any atom is 0.317 e. The summed E-state index contributed by atoms with van der Waals surface area (Å²) in [6.45, 7) is 2.58. The van der Waals surface area contributed by atoms with Crippen molar-refractivity contribution in [1.29, 1.82) is 0 Å². The summed E-state index contributed by atoms with van der Waals surface area (Å²) in [6.07, 6.45) is 4.89. The van der Waals surface area contributed by atoms with E-state index in [9.17, 15) is 4.79 Å². The van der Waals surface area contributed by atoms with Crippen molar-refractivity contribution in [3.8, 4) is 0 Å². The van der Waals surface area contributed by atoms with Gasteiger partial charge >= 0.3 is 6.03 Å². The molecule has 108 valence electrons. The quantitative estimate of drug-likeness (QED) is 0.877. The van der Waals surface area contributed by atoms with Gasteiger partial charge in [0, 0.05) is 32.0 Å². The number of aromatic nitrogens is 1. The number of aryl methyl sites for hydroxylation is 1. The highest BCUT2D eigenvalue weighted by Crippen LogP contribution is 2.14. The van der Waals surface area contributed by atoms with Gasteiger partial charge in [-0.2, -0.15) is 11.8 Å². The number of carbonyl (C=O) groups is 1. The van der Waals surface area contributed by atoms with Gasteiger partial charge in [-0.3, -0.25) is 0 Å². The lowest BCUT2D eigenvalue weighted by Gasteiger charge is -2.21. The van der Waals surface area contributed by atoms with Gasteiger partial charge < -0.3 is 14.8 Å². The third-order valence-corrected chi connectivity index (χ3v) is 3.80. The zero-order valence-electron chi connectivity index (χ0n) is 11.9. The van der Waals surface area contributed by atoms with Crippen LogP contribution in [0.3, 0.4) is 0 Å². The molecule has 1 N–H and O–H groups in total. The molecule has 0 unspecified atom stereocenters. The summed E-state index contributed by atoms with van der Waals surface area (Å²) in [5, 5.41) is 3.69. The number of carbonyl (C=O) groups excluding carboxylic acids is 1. The normalized spacial score (nSPS) is 12.3. The van der Waals surface area contributed by atoms with Crippen LogP contribution in [0.25, 0.3) is 0 Å². The lowest BCUT2D eigenvalue weighted by molar-refractivity contribution is 0.202. The standard InChI is InChI=1S/C13H22ClN3OS/c1-10(5-6-19-4)15-13(18)17(3)9-12-7-11(14)8-16(12)2/h7-8,10H,5-6,9H2,1-4H3,(H,15,18)/t10-/m1/s1. The molecule has 0 aliphatic carbocycles. The lowest BCUT2D eigenvalue weighted by atomic mass is 10.3. The van der Waals surface area contributed by atoms with Gasteiger partial charge in [-0.15, -0.1) is 0 Å². The predicted octanol–water partition coefficient (Wildman–Crippen LogP) is 2.96. The lowest BCUT2D eigenvalue weighted by Crippen LogP contribution is -2.42. The molecular weight excluding hydrogens is 282 g/mol. The molecule has 0 aliphatic rings. The highest BCUT2D eigenvalue weighted by Gasteiger charge is 2.13. The third kappa shape index (κ3) is 5.37. The van der Waals surface area contributed by atoms with Crippen LogP contribution in [-0.2, 0) is 13.6 Å². The molecule has 0 saturated heterocycles. The summed E-state index contributed by atoms with van der Waals surface area (Å²) < 4.78 is 1.93. The van der Waals surface area contributed by atoms with Crippen LogP contribution in [0.2, 0.25) is 5.02 Å². The fraction of sp³-hybridized carbons (Fsp3) is 0.615. The van der Waals surface area contributed by atoms with Crippen molar-refractivity contribution in [3.63, 3.8) is 0 Å². The van der Waals surface area contributed by atoms with E-state index in [0.29, 0.717) is 11.6 Å². The summed E-state index contributed by atoms with van der Waals surface area (Å²) in [7, 11) is 3.71. The van der Waals surface area contributed by atoms with E-state index in [1.165, 1.54) is 0 Å². The van der Waals surface area contributed by atoms with Gasteiger partial charge in [-0.1, -0.05) is 11.6 Å². The van der Waals surface area contributed by atoms with Crippen molar-refractivity contribution >= 4 is 29.4 Å². The van der Waals surface area contributed by atoms with Crippen molar-refractivity contribution in [2.45, 2.75) is 25.9 Å². The molecule has 0 saturated carbocycles. The van der Waals surface area contributed by atoms with Crippen molar-refractivity contribution < 1.29 is 4.79 Å². The number of nitrogens with zero attached hydrogens (tertiary/aromatic N) is 2. The second-order valence-electron chi connectivity index (χ2n) is 4.75. The minimum atomic E-state index is -0.0501.